The molecule has 1 saturated heterocycles. The fraction of sp³-hybridized carbons (Fsp3) is 0.333. The van der Waals surface area contributed by atoms with Crippen LogP contribution < -0.4 is 5.32 Å². The Hall–Kier alpha value is -1.50. The van der Waals surface area contributed by atoms with Gasteiger partial charge in [0.15, 0.2) is 0 Å². The van der Waals surface area contributed by atoms with Crippen LogP contribution in [0.25, 0.3) is 0 Å². The number of hydrogen-bond donors (Lipinski definition) is 1. The van der Waals surface area contributed by atoms with Crippen LogP contribution in [0.1, 0.15) is 18.4 Å². The summed E-state index contributed by atoms with van der Waals surface area (Å²) in [5, 5.41) is 1.77. The summed E-state index contributed by atoms with van der Waals surface area (Å²) in [7, 11) is 0. The maximum atomic E-state index is 12.4. The van der Waals surface area contributed by atoms with E-state index in [-0.39, 0.29) is 18.2 Å². The lowest BCUT2D eigenvalue weighted by Crippen LogP contribution is -2.42. The maximum Gasteiger partial charge on any atom is 0.416 e. The maximum absolute atomic E-state index is 12.4. The second-order valence-electron chi connectivity index (χ2n) is 4.08. The van der Waals surface area contributed by atoms with Gasteiger partial charge >= 0.3 is 6.18 Å². The highest BCUT2D eigenvalue weighted by Crippen LogP contribution is 2.33. The Morgan fingerprint density at radius 1 is 1.16 bits per heavy atom. The molecule has 1 atom stereocenters. The zero-order valence-electron chi connectivity index (χ0n) is 9.66. The van der Waals surface area contributed by atoms with E-state index >= 15 is 0 Å². The average Bonchev–Trinajstić information content (AvgIpc) is 2.32. The molecule has 1 N–H and O–H groups in total. The summed E-state index contributed by atoms with van der Waals surface area (Å²) in [6.45, 7) is 0. The van der Waals surface area contributed by atoms with Crippen LogP contribution in [0.3, 0.4) is 0 Å². The molecule has 0 aliphatic carbocycles. The van der Waals surface area contributed by atoms with Crippen molar-refractivity contribution < 1.29 is 22.8 Å². The van der Waals surface area contributed by atoms with Gasteiger partial charge in [-0.1, -0.05) is 0 Å². The van der Waals surface area contributed by atoms with E-state index in [0.29, 0.717) is 11.3 Å². The van der Waals surface area contributed by atoms with Crippen LogP contribution in [0.4, 0.5) is 13.2 Å². The quantitative estimate of drug-likeness (QED) is 0.851. The van der Waals surface area contributed by atoms with Crippen molar-refractivity contribution in [3.05, 3.63) is 29.8 Å². The Morgan fingerprint density at radius 2 is 1.79 bits per heavy atom. The molecule has 0 saturated carbocycles. The van der Waals surface area contributed by atoms with Crippen LogP contribution >= 0.6 is 11.8 Å². The molecular weight excluding hydrogens is 279 g/mol. The van der Waals surface area contributed by atoms with Gasteiger partial charge in [-0.3, -0.25) is 14.9 Å². The van der Waals surface area contributed by atoms with Gasteiger partial charge in [-0.2, -0.15) is 13.2 Å². The van der Waals surface area contributed by atoms with E-state index in [9.17, 15) is 22.8 Å². The van der Waals surface area contributed by atoms with E-state index in [0.717, 1.165) is 23.9 Å². The topological polar surface area (TPSA) is 46.2 Å². The number of carbonyl (C=O) groups excluding carboxylic acids is 2. The van der Waals surface area contributed by atoms with Crippen LogP contribution in [0.5, 0.6) is 0 Å². The van der Waals surface area contributed by atoms with Crippen molar-refractivity contribution in [2.75, 3.05) is 0 Å². The molecule has 2 rings (SSSR count). The minimum Gasteiger partial charge on any atom is -0.295 e. The third kappa shape index (κ3) is 3.50. The summed E-state index contributed by atoms with van der Waals surface area (Å²) in [6.07, 6.45) is -3.71. The van der Waals surface area contributed by atoms with E-state index in [1.54, 1.807) is 0 Å². The normalized spacial score (nSPS) is 20.3. The number of amides is 2. The van der Waals surface area contributed by atoms with Gasteiger partial charge in [0.05, 0.1) is 10.8 Å². The van der Waals surface area contributed by atoms with Crippen LogP contribution in [0.2, 0.25) is 0 Å². The number of piperidine rings is 1. The SMILES string of the molecule is O=C1CCC(Sc2ccc(C(F)(F)F)cc2)C(=O)N1. The predicted molar refractivity (Wildman–Crippen MR) is 63.5 cm³/mol. The summed E-state index contributed by atoms with van der Waals surface area (Å²) in [6, 6.07) is 4.62. The average molecular weight is 289 g/mol. The molecule has 2 amide bonds. The molecule has 1 unspecified atom stereocenters. The number of nitrogens with one attached hydrogen (secondary N) is 1. The number of benzene rings is 1. The fourth-order valence-electron chi connectivity index (χ4n) is 1.67. The first kappa shape index (κ1) is 13.9. The summed E-state index contributed by atoms with van der Waals surface area (Å²) in [5.41, 5.74) is -0.722. The Kier molecular flexibility index (Phi) is 3.84. The number of thioether (sulfide) groups is 1. The molecule has 102 valence electrons. The Bertz CT molecular complexity index is 499. The van der Waals surface area contributed by atoms with Crippen LogP contribution in [0.15, 0.2) is 29.2 Å². The van der Waals surface area contributed by atoms with Crippen molar-refractivity contribution in [1.29, 1.82) is 0 Å². The smallest absolute Gasteiger partial charge is 0.295 e. The number of carbonyl (C=O) groups is 2. The van der Waals surface area contributed by atoms with Crippen molar-refractivity contribution in [2.24, 2.45) is 0 Å². The number of imide groups is 1. The lowest BCUT2D eigenvalue weighted by molar-refractivity contribution is -0.137. The molecular formula is C12H10F3NO2S. The molecule has 1 aliphatic rings. The first-order valence-corrected chi connectivity index (χ1v) is 6.42. The number of rotatable bonds is 2. The molecule has 0 aromatic heterocycles. The van der Waals surface area contributed by atoms with E-state index in [4.69, 9.17) is 0 Å². The zero-order valence-corrected chi connectivity index (χ0v) is 10.5. The minimum absolute atomic E-state index is 0.254. The Labute approximate surface area is 111 Å². The minimum atomic E-state index is -4.36. The molecule has 1 heterocycles. The molecule has 3 nitrogen and oxygen atoms in total. The van der Waals surface area contributed by atoms with E-state index < -0.39 is 17.0 Å². The summed E-state index contributed by atoms with van der Waals surface area (Å²) in [4.78, 5) is 23.0. The molecule has 19 heavy (non-hydrogen) atoms. The molecule has 0 spiro atoms. The van der Waals surface area contributed by atoms with Crippen molar-refractivity contribution in [3.8, 4) is 0 Å². The van der Waals surface area contributed by atoms with E-state index in [1.807, 2.05) is 0 Å². The van der Waals surface area contributed by atoms with Gasteiger partial charge in [-0.15, -0.1) is 11.8 Å². The highest BCUT2D eigenvalue weighted by molar-refractivity contribution is 8.00. The van der Waals surface area contributed by atoms with Crippen molar-refractivity contribution in [2.45, 2.75) is 29.2 Å². The van der Waals surface area contributed by atoms with Crippen molar-refractivity contribution >= 4 is 23.6 Å². The fourth-order valence-corrected chi connectivity index (χ4v) is 2.70. The summed E-state index contributed by atoms with van der Waals surface area (Å²) in [5.74, 6) is -0.699. The lowest BCUT2D eigenvalue weighted by Gasteiger charge is -2.20. The third-order valence-corrected chi connectivity index (χ3v) is 3.93. The van der Waals surface area contributed by atoms with Crippen molar-refractivity contribution in [3.63, 3.8) is 0 Å². The second kappa shape index (κ2) is 5.24. The van der Waals surface area contributed by atoms with Gasteiger partial charge in [0.25, 0.3) is 0 Å². The van der Waals surface area contributed by atoms with E-state index in [1.165, 1.54) is 12.1 Å². The number of hydrogen-bond acceptors (Lipinski definition) is 3. The monoisotopic (exact) mass is 289 g/mol. The molecule has 1 fully saturated rings. The Balaban J connectivity index is 2.04. The summed E-state index contributed by atoms with van der Waals surface area (Å²) < 4.78 is 37.1. The van der Waals surface area contributed by atoms with Gasteiger partial charge < -0.3 is 0 Å². The van der Waals surface area contributed by atoms with Gasteiger partial charge in [-0.25, -0.2) is 0 Å². The largest absolute Gasteiger partial charge is 0.416 e. The molecule has 0 bridgehead atoms. The summed E-state index contributed by atoms with van der Waals surface area (Å²) >= 11 is 1.16. The highest BCUT2D eigenvalue weighted by Gasteiger charge is 2.31. The third-order valence-electron chi connectivity index (χ3n) is 2.65. The lowest BCUT2D eigenvalue weighted by atomic mass is 10.1. The zero-order chi connectivity index (χ0) is 14.0. The molecule has 0 radical (unpaired) electrons. The number of halogens is 3. The van der Waals surface area contributed by atoms with Gasteiger partial charge in [0.2, 0.25) is 11.8 Å². The molecule has 7 heteroatoms. The van der Waals surface area contributed by atoms with Gasteiger partial charge in [-0.05, 0) is 30.7 Å². The predicted octanol–water partition coefficient (Wildman–Crippen LogP) is 2.60. The van der Waals surface area contributed by atoms with Crippen molar-refractivity contribution in [1.82, 2.24) is 5.32 Å². The van der Waals surface area contributed by atoms with Gasteiger partial charge in [0.1, 0.15) is 0 Å². The van der Waals surface area contributed by atoms with Gasteiger partial charge in [0, 0.05) is 11.3 Å². The number of alkyl halides is 3. The van der Waals surface area contributed by atoms with Crippen LogP contribution in [0, 0.1) is 0 Å². The van der Waals surface area contributed by atoms with Crippen LogP contribution in [-0.4, -0.2) is 17.1 Å². The highest BCUT2D eigenvalue weighted by atomic mass is 32.2. The Morgan fingerprint density at radius 3 is 2.32 bits per heavy atom. The molecule has 1 aromatic carbocycles. The standard InChI is InChI=1S/C12H10F3NO2S/c13-12(14,15)7-1-3-8(4-2-7)19-9-5-6-10(17)16-11(9)18/h1-4,9H,5-6H2,(H,16,17,18). The first-order chi connectivity index (χ1) is 8.86. The second-order valence-corrected chi connectivity index (χ2v) is 5.36. The first-order valence-electron chi connectivity index (χ1n) is 5.54. The molecule has 1 aromatic rings. The molecule has 1 aliphatic heterocycles. The van der Waals surface area contributed by atoms with E-state index in [2.05, 4.69) is 5.32 Å². The van der Waals surface area contributed by atoms with Crippen LogP contribution in [-0.2, 0) is 15.8 Å².